The zero-order chi connectivity index (χ0) is 12.4. The molecule has 0 radical (unpaired) electrons. The molecule has 0 aliphatic carbocycles. The van der Waals surface area contributed by atoms with E-state index in [1.54, 1.807) is 11.0 Å². The summed E-state index contributed by atoms with van der Waals surface area (Å²) in [5.74, 6) is 0.367. The molecule has 17 heavy (non-hydrogen) atoms. The van der Waals surface area contributed by atoms with Crippen molar-refractivity contribution in [2.75, 3.05) is 12.4 Å². The minimum absolute atomic E-state index is 0.0152. The van der Waals surface area contributed by atoms with Crippen molar-refractivity contribution in [1.29, 1.82) is 0 Å². The minimum atomic E-state index is -0.0740. The Kier molecular flexibility index (Phi) is 3.79. The van der Waals surface area contributed by atoms with Crippen molar-refractivity contribution in [1.82, 2.24) is 4.90 Å². The molecule has 1 heterocycles. The standard InChI is InChI=1S/C12H13Cl2NO2/c13-7-9-2-1-5-15(9)12(17)8-3-4-11(16)10(14)6-8/h3-4,6,9,16H,1-2,5,7H2. The molecule has 92 valence electrons. The highest BCUT2D eigenvalue weighted by Crippen LogP contribution is 2.26. The smallest absolute Gasteiger partial charge is 0.254 e. The van der Waals surface area contributed by atoms with Crippen LogP contribution in [-0.4, -0.2) is 34.4 Å². The number of carbonyl (C=O) groups excluding carboxylic acids is 1. The van der Waals surface area contributed by atoms with Gasteiger partial charge in [0.05, 0.1) is 5.02 Å². The van der Waals surface area contributed by atoms with Gasteiger partial charge in [-0.2, -0.15) is 0 Å². The highest BCUT2D eigenvalue weighted by Gasteiger charge is 2.28. The number of hydrogen-bond acceptors (Lipinski definition) is 2. The van der Waals surface area contributed by atoms with Crippen molar-refractivity contribution in [3.63, 3.8) is 0 Å². The third-order valence-corrected chi connectivity index (χ3v) is 3.67. The van der Waals surface area contributed by atoms with E-state index in [4.69, 9.17) is 23.2 Å². The highest BCUT2D eigenvalue weighted by molar-refractivity contribution is 6.32. The molecule has 1 unspecified atom stereocenters. The van der Waals surface area contributed by atoms with Crippen LogP contribution in [0.5, 0.6) is 5.75 Å². The summed E-state index contributed by atoms with van der Waals surface area (Å²) < 4.78 is 0. The van der Waals surface area contributed by atoms with Gasteiger partial charge in [0.15, 0.2) is 0 Å². The second-order valence-electron chi connectivity index (χ2n) is 4.12. The van der Waals surface area contributed by atoms with E-state index in [-0.39, 0.29) is 22.7 Å². The molecule has 1 aliphatic rings. The van der Waals surface area contributed by atoms with Gasteiger partial charge in [-0.25, -0.2) is 0 Å². The van der Waals surface area contributed by atoms with Crippen LogP contribution in [0.15, 0.2) is 18.2 Å². The Morgan fingerprint density at radius 2 is 2.29 bits per heavy atom. The Morgan fingerprint density at radius 1 is 1.53 bits per heavy atom. The van der Waals surface area contributed by atoms with Gasteiger partial charge in [0, 0.05) is 24.0 Å². The zero-order valence-corrected chi connectivity index (χ0v) is 10.7. The number of hydrogen-bond donors (Lipinski definition) is 1. The third kappa shape index (κ3) is 2.50. The van der Waals surface area contributed by atoms with E-state index >= 15 is 0 Å². The number of benzene rings is 1. The van der Waals surface area contributed by atoms with Gasteiger partial charge in [0.2, 0.25) is 0 Å². The van der Waals surface area contributed by atoms with Gasteiger partial charge in [0.25, 0.3) is 5.91 Å². The van der Waals surface area contributed by atoms with E-state index in [0.29, 0.717) is 11.4 Å². The van der Waals surface area contributed by atoms with Crippen LogP contribution >= 0.6 is 23.2 Å². The molecule has 1 saturated heterocycles. The lowest BCUT2D eigenvalue weighted by molar-refractivity contribution is 0.0749. The number of alkyl halides is 1. The topological polar surface area (TPSA) is 40.5 Å². The molecule has 1 aromatic rings. The fourth-order valence-corrected chi connectivity index (χ4v) is 2.57. The summed E-state index contributed by atoms with van der Waals surface area (Å²) in [4.78, 5) is 14.0. The van der Waals surface area contributed by atoms with E-state index < -0.39 is 0 Å². The quantitative estimate of drug-likeness (QED) is 0.842. The average Bonchev–Trinajstić information content (AvgIpc) is 2.80. The third-order valence-electron chi connectivity index (χ3n) is 3.01. The molecule has 3 nitrogen and oxygen atoms in total. The van der Waals surface area contributed by atoms with E-state index in [0.717, 1.165) is 19.4 Å². The number of phenols is 1. The second-order valence-corrected chi connectivity index (χ2v) is 4.83. The van der Waals surface area contributed by atoms with Crippen LogP contribution in [0.25, 0.3) is 0 Å². The lowest BCUT2D eigenvalue weighted by Gasteiger charge is -2.23. The van der Waals surface area contributed by atoms with E-state index in [1.165, 1.54) is 12.1 Å². The van der Waals surface area contributed by atoms with Crippen molar-refractivity contribution in [2.24, 2.45) is 0 Å². The number of aromatic hydroxyl groups is 1. The molecule has 1 atom stereocenters. The number of halogens is 2. The minimum Gasteiger partial charge on any atom is -0.506 e. The molecule has 2 rings (SSSR count). The lowest BCUT2D eigenvalue weighted by atomic mass is 10.1. The Labute approximate surface area is 110 Å². The zero-order valence-electron chi connectivity index (χ0n) is 9.20. The molecule has 1 aliphatic heterocycles. The molecule has 5 heteroatoms. The summed E-state index contributed by atoms with van der Waals surface area (Å²) >= 11 is 11.6. The van der Waals surface area contributed by atoms with E-state index in [9.17, 15) is 9.90 Å². The van der Waals surface area contributed by atoms with Crippen molar-refractivity contribution in [3.8, 4) is 5.75 Å². The van der Waals surface area contributed by atoms with Crippen LogP contribution in [-0.2, 0) is 0 Å². The van der Waals surface area contributed by atoms with Gasteiger partial charge in [0.1, 0.15) is 5.75 Å². The predicted molar refractivity (Wildman–Crippen MR) is 67.9 cm³/mol. The first-order valence-electron chi connectivity index (χ1n) is 5.49. The van der Waals surface area contributed by atoms with Gasteiger partial charge >= 0.3 is 0 Å². The number of amides is 1. The number of likely N-dealkylation sites (tertiary alicyclic amines) is 1. The van der Waals surface area contributed by atoms with Crippen molar-refractivity contribution < 1.29 is 9.90 Å². The van der Waals surface area contributed by atoms with Crippen LogP contribution in [0.4, 0.5) is 0 Å². The van der Waals surface area contributed by atoms with Gasteiger partial charge in [-0.3, -0.25) is 4.79 Å². The van der Waals surface area contributed by atoms with Gasteiger partial charge in [-0.1, -0.05) is 11.6 Å². The Hall–Kier alpha value is -0.930. The van der Waals surface area contributed by atoms with Crippen LogP contribution < -0.4 is 0 Å². The Balaban J connectivity index is 2.21. The monoisotopic (exact) mass is 273 g/mol. The molecule has 1 fully saturated rings. The predicted octanol–water partition coefficient (Wildman–Crippen LogP) is 2.89. The maximum Gasteiger partial charge on any atom is 0.254 e. The Bertz CT molecular complexity index is 437. The molecule has 0 saturated carbocycles. The SMILES string of the molecule is O=C(c1ccc(O)c(Cl)c1)N1CCCC1CCl. The molecule has 1 amide bonds. The molecule has 0 bridgehead atoms. The Morgan fingerprint density at radius 3 is 2.94 bits per heavy atom. The number of nitrogens with zero attached hydrogens (tertiary/aromatic N) is 1. The first-order chi connectivity index (χ1) is 8.13. The van der Waals surface area contributed by atoms with Gasteiger partial charge < -0.3 is 10.0 Å². The van der Waals surface area contributed by atoms with Crippen LogP contribution in [0.3, 0.4) is 0 Å². The number of rotatable bonds is 2. The first kappa shape index (κ1) is 12.5. The maximum atomic E-state index is 12.2. The van der Waals surface area contributed by atoms with Gasteiger partial charge in [-0.05, 0) is 31.0 Å². The second kappa shape index (κ2) is 5.15. The summed E-state index contributed by atoms with van der Waals surface area (Å²) in [6.45, 7) is 0.731. The lowest BCUT2D eigenvalue weighted by Crippen LogP contribution is -2.36. The summed E-state index contributed by atoms with van der Waals surface area (Å²) in [5, 5.41) is 9.50. The van der Waals surface area contributed by atoms with Gasteiger partial charge in [-0.15, -0.1) is 11.6 Å². The summed E-state index contributed by atoms with van der Waals surface area (Å²) in [5.41, 5.74) is 0.491. The highest BCUT2D eigenvalue weighted by atomic mass is 35.5. The molecular weight excluding hydrogens is 261 g/mol. The van der Waals surface area contributed by atoms with Crippen LogP contribution in [0.2, 0.25) is 5.02 Å². The number of phenolic OH excluding ortho intramolecular Hbond substituents is 1. The largest absolute Gasteiger partial charge is 0.506 e. The molecule has 0 aromatic heterocycles. The maximum absolute atomic E-state index is 12.2. The van der Waals surface area contributed by atoms with E-state index in [1.807, 2.05) is 0 Å². The first-order valence-corrected chi connectivity index (χ1v) is 6.40. The number of carbonyl (C=O) groups is 1. The molecule has 1 N–H and O–H groups in total. The van der Waals surface area contributed by atoms with Crippen molar-refractivity contribution in [2.45, 2.75) is 18.9 Å². The summed E-state index contributed by atoms with van der Waals surface area (Å²) in [6.07, 6.45) is 1.93. The normalized spacial score (nSPS) is 19.6. The molecular formula is C12H13Cl2NO2. The summed E-state index contributed by atoms with van der Waals surface area (Å²) in [7, 11) is 0. The van der Waals surface area contributed by atoms with Crippen molar-refractivity contribution in [3.05, 3.63) is 28.8 Å². The molecule has 0 spiro atoms. The van der Waals surface area contributed by atoms with Crippen molar-refractivity contribution >= 4 is 29.1 Å². The van der Waals surface area contributed by atoms with E-state index in [2.05, 4.69) is 0 Å². The summed E-state index contributed by atoms with van der Waals surface area (Å²) in [6, 6.07) is 4.61. The molecule has 1 aromatic carbocycles. The fraction of sp³-hybridized carbons (Fsp3) is 0.417. The fourth-order valence-electron chi connectivity index (χ4n) is 2.07. The van der Waals surface area contributed by atoms with Crippen LogP contribution in [0, 0.1) is 0 Å². The average molecular weight is 274 g/mol. The van der Waals surface area contributed by atoms with Crippen LogP contribution in [0.1, 0.15) is 23.2 Å².